The lowest BCUT2D eigenvalue weighted by Crippen LogP contribution is -2.57. The largest absolute Gasteiger partial charge is 0.491 e. The molecule has 1 aliphatic carbocycles. The highest BCUT2D eigenvalue weighted by molar-refractivity contribution is 6.19. The number of nitrogens with one attached hydrogen (secondary N) is 1. The van der Waals surface area contributed by atoms with Crippen molar-refractivity contribution in [1.82, 2.24) is 15.4 Å². The number of hydrogen-bond donors (Lipinski definition) is 1. The Bertz CT molecular complexity index is 1480. The van der Waals surface area contributed by atoms with Gasteiger partial charge >= 0.3 is 6.03 Å². The maximum Gasteiger partial charge on any atom is 0.328 e. The SMILES string of the molecule is Cc1noc(C)c1-c1cc(F)cc(N2C(=O)NC(=NC3CCCCC3)C23CCN(Cc2cccc(OC(C)C)c2)CC3)c1. The van der Waals surface area contributed by atoms with Crippen molar-refractivity contribution in [2.24, 2.45) is 4.99 Å². The number of urea groups is 1. The topological polar surface area (TPSA) is 83.2 Å². The average Bonchev–Trinajstić information content (AvgIpc) is 3.44. The molecule has 0 radical (unpaired) electrons. The van der Waals surface area contributed by atoms with Crippen LogP contribution in [0.5, 0.6) is 5.75 Å². The van der Waals surface area contributed by atoms with Crippen molar-refractivity contribution < 1.29 is 18.4 Å². The summed E-state index contributed by atoms with van der Waals surface area (Å²) in [5.74, 6) is 1.82. The van der Waals surface area contributed by atoms with Crippen LogP contribution in [-0.4, -0.2) is 52.7 Å². The molecule has 1 N–H and O–H groups in total. The number of carbonyl (C=O) groups is 1. The van der Waals surface area contributed by atoms with Crippen LogP contribution < -0.4 is 15.0 Å². The van der Waals surface area contributed by atoms with E-state index < -0.39 is 11.4 Å². The summed E-state index contributed by atoms with van der Waals surface area (Å²) in [5, 5.41) is 7.21. The number of benzene rings is 2. The number of anilines is 1. The molecule has 6 rings (SSSR count). The summed E-state index contributed by atoms with van der Waals surface area (Å²) in [5.41, 5.74) is 3.13. The lowest BCUT2D eigenvalue weighted by Gasteiger charge is -2.44. The molecule has 3 heterocycles. The molecule has 8 nitrogen and oxygen atoms in total. The molecule has 9 heteroatoms. The maximum atomic E-state index is 15.2. The lowest BCUT2D eigenvalue weighted by atomic mass is 9.84. The number of piperidine rings is 1. The molecule has 1 saturated carbocycles. The van der Waals surface area contributed by atoms with Gasteiger partial charge in [0.2, 0.25) is 0 Å². The summed E-state index contributed by atoms with van der Waals surface area (Å²) in [6, 6.07) is 13.0. The summed E-state index contributed by atoms with van der Waals surface area (Å²) in [4.78, 5) is 23.2. The third-order valence-corrected chi connectivity index (χ3v) is 9.01. The first-order chi connectivity index (χ1) is 20.7. The molecule has 3 aromatic rings. The highest BCUT2D eigenvalue weighted by atomic mass is 19.1. The van der Waals surface area contributed by atoms with Crippen LogP contribution >= 0.6 is 0 Å². The van der Waals surface area contributed by atoms with Gasteiger partial charge in [-0.05, 0) is 94.8 Å². The minimum Gasteiger partial charge on any atom is -0.491 e. The molecule has 3 fully saturated rings. The number of likely N-dealkylation sites (tertiary alicyclic amines) is 1. The van der Waals surface area contributed by atoms with Gasteiger partial charge in [0.1, 0.15) is 28.7 Å². The molecule has 2 amide bonds. The van der Waals surface area contributed by atoms with E-state index in [-0.39, 0.29) is 18.2 Å². The zero-order valence-electron chi connectivity index (χ0n) is 25.7. The molecule has 0 unspecified atom stereocenters. The van der Waals surface area contributed by atoms with E-state index in [4.69, 9.17) is 14.3 Å². The maximum absolute atomic E-state index is 15.2. The number of ether oxygens (including phenoxy) is 1. The first kappa shape index (κ1) is 29.4. The quantitative estimate of drug-likeness (QED) is 0.317. The normalized spacial score (nSPS) is 20.4. The van der Waals surface area contributed by atoms with Gasteiger partial charge in [0.05, 0.1) is 23.5 Å². The van der Waals surface area contributed by atoms with E-state index in [2.05, 4.69) is 27.5 Å². The smallest absolute Gasteiger partial charge is 0.328 e. The zero-order valence-corrected chi connectivity index (χ0v) is 25.7. The number of halogens is 1. The molecular weight excluding hydrogens is 545 g/mol. The minimum atomic E-state index is -0.669. The number of aromatic nitrogens is 1. The number of nitrogens with zero attached hydrogens (tertiary/aromatic N) is 4. The molecule has 0 atom stereocenters. The van der Waals surface area contributed by atoms with Crippen molar-refractivity contribution in [2.45, 2.75) is 96.9 Å². The molecule has 2 saturated heterocycles. The molecule has 228 valence electrons. The zero-order chi connectivity index (χ0) is 30.1. The number of amidine groups is 1. The van der Waals surface area contributed by atoms with Gasteiger partial charge in [0, 0.05) is 25.2 Å². The van der Waals surface area contributed by atoms with E-state index in [1.165, 1.54) is 24.1 Å². The fraction of sp³-hybridized carbons (Fsp3) is 0.500. The van der Waals surface area contributed by atoms with Crippen LogP contribution in [0.15, 0.2) is 52.0 Å². The Balaban J connectivity index is 1.32. The third kappa shape index (κ3) is 6.05. The fourth-order valence-corrected chi connectivity index (χ4v) is 7.02. The van der Waals surface area contributed by atoms with Crippen molar-refractivity contribution in [3.63, 3.8) is 0 Å². The Kier molecular flexibility index (Phi) is 8.27. The van der Waals surface area contributed by atoms with Crippen LogP contribution in [0.25, 0.3) is 11.1 Å². The number of aliphatic imine (C=N–C) groups is 1. The van der Waals surface area contributed by atoms with Gasteiger partial charge in [-0.25, -0.2) is 9.18 Å². The van der Waals surface area contributed by atoms with Gasteiger partial charge in [-0.2, -0.15) is 0 Å². The first-order valence-corrected chi connectivity index (χ1v) is 15.6. The van der Waals surface area contributed by atoms with E-state index in [1.54, 1.807) is 4.90 Å². The number of aryl methyl sites for hydroxylation is 2. The van der Waals surface area contributed by atoms with Gasteiger partial charge in [-0.3, -0.25) is 20.1 Å². The van der Waals surface area contributed by atoms with Gasteiger partial charge < -0.3 is 9.26 Å². The number of rotatable bonds is 7. The van der Waals surface area contributed by atoms with Crippen molar-refractivity contribution in [3.05, 3.63) is 65.3 Å². The molecule has 43 heavy (non-hydrogen) atoms. The van der Waals surface area contributed by atoms with Crippen molar-refractivity contribution in [2.75, 3.05) is 18.0 Å². The van der Waals surface area contributed by atoms with Crippen LogP contribution in [-0.2, 0) is 6.54 Å². The molecule has 1 spiro atoms. The van der Waals surface area contributed by atoms with Gasteiger partial charge in [0.25, 0.3) is 0 Å². The standard InChI is InChI=1S/C34H42FN5O3/c1-22(2)42-30-12-8-9-25(17-30)21-39-15-13-34(14-16-39)32(36-28-10-6-5-7-11-28)37-33(41)40(34)29-19-26(18-27(35)20-29)31-23(3)38-43-24(31)4/h8-9,12,17-20,22,28H,5-7,10-11,13-16,21H2,1-4H3,(H,36,37,41). The van der Waals surface area contributed by atoms with Crippen LogP contribution in [0.1, 0.15) is 75.8 Å². The van der Waals surface area contributed by atoms with Crippen molar-refractivity contribution in [3.8, 4) is 16.9 Å². The van der Waals surface area contributed by atoms with E-state index in [9.17, 15) is 4.79 Å². The Labute approximate surface area is 253 Å². The highest BCUT2D eigenvalue weighted by Crippen LogP contribution is 2.41. The summed E-state index contributed by atoms with van der Waals surface area (Å²) < 4.78 is 26.5. The van der Waals surface area contributed by atoms with Gasteiger partial charge in [0.15, 0.2) is 0 Å². The molecule has 0 bridgehead atoms. The monoisotopic (exact) mass is 587 g/mol. The van der Waals surface area contributed by atoms with Crippen LogP contribution in [0.2, 0.25) is 0 Å². The molecular formula is C34H42FN5O3. The lowest BCUT2D eigenvalue weighted by molar-refractivity contribution is 0.183. The molecule has 2 aliphatic heterocycles. The van der Waals surface area contributed by atoms with Crippen LogP contribution in [0.4, 0.5) is 14.9 Å². The Morgan fingerprint density at radius 1 is 1.12 bits per heavy atom. The van der Waals surface area contributed by atoms with Crippen LogP contribution in [0, 0.1) is 19.7 Å². The first-order valence-electron chi connectivity index (χ1n) is 15.6. The third-order valence-electron chi connectivity index (χ3n) is 9.01. The minimum absolute atomic E-state index is 0.117. The summed E-state index contributed by atoms with van der Waals surface area (Å²) >= 11 is 0. The average molecular weight is 588 g/mol. The van der Waals surface area contributed by atoms with E-state index >= 15 is 4.39 Å². The van der Waals surface area contributed by atoms with Crippen LogP contribution in [0.3, 0.4) is 0 Å². The van der Waals surface area contributed by atoms with Gasteiger partial charge in [-0.15, -0.1) is 0 Å². The summed E-state index contributed by atoms with van der Waals surface area (Å²) in [7, 11) is 0. The van der Waals surface area contributed by atoms with E-state index in [1.807, 2.05) is 45.9 Å². The highest BCUT2D eigenvalue weighted by Gasteiger charge is 2.53. The molecule has 1 aromatic heterocycles. The van der Waals surface area contributed by atoms with Gasteiger partial charge in [-0.1, -0.05) is 36.6 Å². The number of amides is 2. The second-order valence-electron chi connectivity index (χ2n) is 12.6. The van der Waals surface area contributed by atoms with E-state index in [0.29, 0.717) is 35.5 Å². The predicted octanol–water partition coefficient (Wildman–Crippen LogP) is 7.18. The molecule has 2 aromatic carbocycles. The van der Waals surface area contributed by atoms with Crippen molar-refractivity contribution in [1.29, 1.82) is 0 Å². The number of carbonyl (C=O) groups excluding carboxylic acids is 1. The number of hydrogen-bond acceptors (Lipinski definition) is 6. The molecule has 3 aliphatic rings. The Hall–Kier alpha value is -3.72. The Morgan fingerprint density at radius 2 is 1.88 bits per heavy atom. The fourth-order valence-electron chi connectivity index (χ4n) is 7.02. The summed E-state index contributed by atoms with van der Waals surface area (Å²) in [6.45, 7) is 10.1. The second kappa shape index (κ2) is 12.1. The second-order valence-corrected chi connectivity index (χ2v) is 12.6. The Morgan fingerprint density at radius 3 is 2.58 bits per heavy atom. The predicted molar refractivity (Wildman–Crippen MR) is 166 cm³/mol. The van der Waals surface area contributed by atoms with E-state index in [0.717, 1.165) is 62.5 Å². The summed E-state index contributed by atoms with van der Waals surface area (Å²) in [6.07, 6.45) is 7.11. The van der Waals surface area contributed by atoms with Crippen molar-refractivity contribution >= 4 is 17.6 Å².